The van der Waals surface area contributed by atoms with Crippen molar-refractivity contribution in [2.75, 3.05) is 25.1 Å². The maximum atomic E-state index is 12.5. The summed E-state index contributed by atoms with van der Waals surface area (Å²) in [6, 6.07) is 1.88. The van der Waals surface area contributed by atoms with Gasteiger partial charge in [-0.1, -0.05) is 6.42 Å². The van der Waals surface area contributed by atoms with E-state index in [-0.39, 0.29) is 24.0 Å². The molecule has 1 aromatic heterocycles. The van der Waals surface area contributed by atoms with Gasteiger partial charge in [0.2, 0.25) is 5.91 Å². The van der Waals surface area contributed by atoms with Gasteiger partial charge in [-0.3, -0.25) is 4.79 Å². The van der Waals surface area contributed by atoms with Crippen molar-refractivity contribution in [3.63, 3.8) is 0 Å². The summed E-state index contributed by atoms with van der Waals surface area (Å²) in [5.74, 6) is 0.927. The number of amides is 1. The number of fused-ring (bicyclic) bond motifs is 2. The molecule has 5 rings (SSSR count). The van der Waals surface area contributed by atoms with Crippen LogP contribution in [0.1, 0.15) is 60.1 Å². The van der Waals surface area contributed by atoms with Crippen molar-refractivity contribution in [2.24, 2.45) is 17.8 Å². The number of carbonyl (C=O) groups excluding carboxylic acids is 1. The lowest BCUT2D eigenvalue weighted by Crippen LogP contribution is -2.52. The third kappa shape index (κ3) is 3.47. The number of nitrogens with one attached hydrogen (secondary N) is 1. The Labute approximate surface area is 177 Å². The minimum atomic E-state index is -0.900. The van der Waals surface area contributed by atoms with Crippen molar-refractivity contribution >= 4 is 17.7 Å². The van der Waals surface area contributed by atoms with E-state index in [4.69, 9.17) is 9.72 Å². The third-order valence-electron chi connectivity index (χ3n) is 7.78. The van der Waals surface area contributed by atoms with Gasteiger partial charge in [0.1, 0.15) is 11.4 Å². The number of carbonyl (C=O) groups is 2. The van der Waals surface area contributed by atoms with E-state index in [0.717, 1.165) is 75.7 Å². The Bertz CT molecular complexity index is 853. The maximum absolute atomic E-state index is 12.5. The van der Waals surface area contributed by atoms with Gasteiger partial charge in [0.05, 0.1) is 12.1 Å². The molecule has 3 fully saturated rings. The molecule has 1 amide bonds. The van der Waals surface area contributed by atoms with Gasteiger partial charge in [0.25, 0.3) is 0 Å². The molecule has 162 valence electrons. The van der Waals surface area contributed by atoms with Gasteiger partial charge in [0.15, 0.2) is 0 Å². The number of hydrogen-bond acceptors (Lipinski definition) is 5. The molecule has 1 saturated heterocycles. The van der Waals surface area contributed by atoms with E-state index in [2.05, 4.69) is 10.2 Å². The van der Waals surface area contributed by atoms with E-state index in [0.29, 0.717) is 23.2 Å². The number of rotatable bonds is 5. The average molecular weight is 414 g/mol. The quantitative estimate of drug-likeness (QED) is 0.770. The molecular weight excluding hydrogens is 382 g/mol. The topological polar surface area (TPSA) is 91.8 Å². The average Bonchev–Trinajstić information content (AvgIpc) is 3.30. The van der Waals surface area contributed by atoms with Crippen molar-refractivity contribution in [1.82, 2.24) is 10.3 Å². The molecule has 0 aromatic carbocycles. The van der Waals surface area contributed by atoms with E-state index >= 15 is 0 Å². The molecule has 0 bridgehead atoms. The van der Waals surface area contributed by atoms with Crippen molar-refractivity contribution in [3.05, 3.63) is 22.9 Å². The zero-order valence-corrected chi connectivity index (χ0v) is 17.6. The molecule has 3 aliphatic carbocycles. The van der Waals surface area contributed by atoms with Crippen molar-refractivity contribution in [3.8, 4) is 0 Å². The minimum Gasteiger partial charge on any atom is -0.478 e. The van der Waals surface area contributed by atoms with E-state index in [1.807, 2.05) is 6.07 Å². The van der Waals surface area contributed by atoms with Gasteiger partial charge in [-0.25, -0.2) is 9.78 Å². The molecule has 2 N–H and O–H groups in total. The van der Waals surface area contributed by atoms with Gasteiger partial charge in [0, 0.05) is 31.8 Å². The molecule has 1 aromatic rings. The molecule has 4 aliphatic rings. The number of ether oxygens (including phenoxy) is 1. The van der Waals surface area contributed by atoms with Crippen LogP contribution < -0.4 is 10.2 Å². The second-order valence-electron chi connectivity index (χ2n) is 9.54. The molecule has 2 heterocycles. The lowest BCUT2D eigenvalue weighted by Gasteiger charge is -2.38. The van der Waals surface area contributed by atoms with Crippen LogP contribution in [0.2, 0.25) is 0 Å². The van der Waals surface area contributed by atoms with E-state index in [1.165, 1.54) is 0 Å². The van der Waals surface area contributed by atoms with Gasteiger partial charge >= 0.3 is 5.97 Å². The first-order valence-electron chi connectivity index (χ1n) is 11.4. The van der Waals surface area contributed by atoms with Crippen LogP contribution in [-0.4, -0.2) is 54.3 Å². The van der Waals surface area contributed by atoms with Crippen molar-refractivity contribution in [2.45, 2.75) is 63.5 Å². The SMILES string of the molecule is CO[C@H]1C[C@@H]2CN(c3nc4c(cc3C(=O)O)CCC4)C[C@@H]2C[C@@H]1NC(=O)C1CCC1. The Morgan fingerprint density at radius 2 is 1.93 bits per heavy atom. The highest BCUT2D eigenvalue weighted by molar-refractivity contribution is 5.93. The smallest absolute Gasteiger partial charge is 0.339 e. The largest absolute Gasteiger partial charge is 0.478 e. The van der Waals surface area contributed by atoms with Crippen LogP contribution in [0.4, 0.5) is 5.82 Å². The number of hydrogen-bond donors (Lipinski definition) is 2. The Morgan fingerprint density at radius 1 is 1.17 bits per heavy atom. The summed E-state index contributed by atoms with van der Waals surface area (Å²) in [4.78, 5) is 31.4. The molecule has 1 aliphatic heterocycles. The summed E-state index contributed by atoms with van der Waals surface area (Å²) in [6.45, 7) is 1.60. The minimum absolute atomic E-state index is 0.0159. The van der Waals surface area contributed by atoms with Gasteiger partial charge in [-0.2, -0.15) is 0 Å². The van der Waals surface area contributed by atoms with Crippen LogP contribution in [0.15, 0.2) is 6.07 Å². The summed E-state index contributed by atoms with van der Waals surface area (Å²) >= 11 is 0. The standard InChI is InChI=1S/C23H31N3O4/c1-30-20-10-16-12-26(11-15(16)9-19(20)25-22(27)13-4-2-5-13)21-17(23(28)29)8-14-6-3-7-18(14)24-21/h8,13,15-16,19-20H,2-7,9-12H2,1H3,(H,25,27)(H,28,29)/t15-,16+,19-,20-/m0/s1. The third-order valence-corrected chi connectivity index (χ3v) is 7.78. The zero-order valence-electron chi connectivity index (χ0n) is 17.6. The Kier molecular flexibility index (Phi) is 5.17. The summed E-state index contributed by atoms with van der Waals surface area (Å²) in [5.41, 5.74) is 2.48. The van der Waals surface area contributed by atoms with Crippen LogP contribution in [-0.2, 0) is 22.4 Å². The summed E-state index contributed by atoms with van der Waals surface area (Å²) in [5, 5.41) is 13.0. The fraction of sp³-hybridized carbons (Fsp3) is 0.696. The Hall–Kier alpha value is -2.15. The van der Waals surface area contributed by atoms with Crippen LogP contribution in [0.5, 0.6) is 0 Å². The van der Waals surface area contributed by atoms with Crippen LogP contribution >= 0.6 is 0 Å². The Balaban J connectivity index is 1.33. The number of pyridine rings is 1. The second kappa shape index (κ2) is 7.84. The monoisotopic (exact) mass is 413 g/mol. The number of carboxylic acid groups (broad SMARTS) is 1. The fourth-order valence-electron chi connectivity index (χ4n) is 5.83. The molecule has 30 heavy (non-hydrogen) atoms. The Morgan fingerprint density at radius 3 is 2.60 bits per heavy atom. The number of nitrogens with zero attached hydrogens (tertiary/aromatic N) is 2. The predicted molar refractivity (Wildman–Crippen MR) is 112 cm³/mol. The van der Waals surface area contributed by atoms with Crippen LogP contribution in [0, 0.1) is 17.8 Å². The van der Waals surface area contributed by atoms with Crippen LogP contribution in [0.3, 0.4) is 0 Å². The highest BCUT2D eigenvalue weighted by atomic mass is 16.5. The molecule has 0 spiro atoms. The number of aromatic nitrogens is 1. The highest BCUT2D eigenvalue weighted by Crippen LogP contribution is 2.40. The van der Waals surface area contributed by atoms with E-state index < -0.39 is 5.97 Å². The molecular formula is C23H31N3O4. The molecule has 7 heteroatoms. The molecule has 4 atom stereocenters. The predicted octanol–water partition coefficient (Wildman–Crippen LogP) is 2.41. The first-order valence-corrected chi connectivity index (χ1v) is 11.4. The zero-order chi connectivity index (χ0) is 20.8. The molecule has 0 radical (unpaired) electrons. The maximum Gasteiger partial charge on any atom is 0.339 e. The van der Waals surface area contributed by atoms with E-state index in [1.54, 1.807) is 7.11 Å². The first-order chi connectivity index (χ1) is 14.5. The normalized spacial score (nSPS) is 30.5. The second-order valence-corrected chi connectivity index (χ2v) is 9.54. The number of aryl methyl sites for hydroxylation is 2. The molecule has 0 unspecified atom stereocenters. The first kappa shape index (κ1) is 19.8. The molecule has 7 nitrogen and oxygen atoms in total. The van der Waals surface area contributed by atoms with Gasteiger partial charge in [-0.15, -0.1) is 0 Å². The fourth-order valence-corrected chi connectivity index (χ4v) is 5.83. The summed E-state index contributed by atoms with van der Waals surface area (Å²) < 4.78 is 5.76. The van der Waals surface area contributed by atoms with Crippen molar-refractivity contribution < 1.29 is 19.4 Å². The highest BCUT2D eigenvalue weighted by Gasteiger charge is 2.44. The lowest BCUT2D eigenvalue weighted by molar-refractivity contribution is -0.130. The number of anilines is 1. The summed E-state index contributed by atoms with van der Waals surface area (Å²) in [7, 11) is 1.73. The van der Waals surface area contributed by atoms with Gasteiger partial charge < -0.3 is 20.1 Å². The van der Waals surface area contributed by atoms with Crippen LogP contribution in [0.25, 0.3) is 0 Å². The molecule has 2 saturated carbocycles. The van der Waals surface area contributed by atoms with Crippen molar-refractivity contribution in [1.29, 1.82) is 0 Å². The number of methoxy groups -OCH3 is 1. The number of carboxylic acids is 1. The summed E-state index contributed by atoms with van der Waals surface area (Å²) in [6.07, 6.45) is 7.84. The number of aromatic carboxylic acids is 1. The van der Waals surface area contributed by atoms with E-state index in [9.17, 15) is 14.7 Å². The van der Waals surface area contributed by atoms with Gasteiger partial charge in [-0.05, 0) is 68.4 Å². The lowest BCUT2D eigenvalue weighted by atomic mass is 9.76.